The lowest BCUT2D eigenvalue weighted by Gasteiger charge is -2.30. The summed E-state index contributed by atoms with van der Waals surface area (Å²) in [5.74, 6) is 0.998. The number of hydrogen-bond acceptors (Lipinski definition) is 5. The van der Waals surface area contributed by atoms with Crippen molar-refractivity contribution >= 4 is 5.82 Å². The van der Waals surface area contributed by atoms with E-state index in [2.05, 4.69) is 47.2 Å². The van der Waals surface area contributed by atoms with Crippen LogP contribution in [0.5, 0.6) is 0 Å². The molecule has 0 bridgehead atoms. The van der Waals surface area contributed by atoms with Crippen LogP contribution < -0.4 is 10.2 Å². The first-order valence-electron chi connectivity index (χ1n) is 7.24. The van der Waals surface area contributed by atoms with E-state index in [1.807, 2.05) is 19.3 Å². The molecule has 2 heterocycles. The molecule has 0 radical (unpaired) electrons. The Morgan fingerprint density at radius 1 is 1.55 bits per heavy atom. The molecular weight excluding hydrogens is 252 g/mol. The number of hydrogen-bond donors (Lipinski definition) is 2. The highest BCUT2D eigenvalue weighted by Gasteiger charge is 2.33. The van der Waals surface area contributed by atoms with Crippen molar-refractivity contribution in [1.29, 1.82) is 0 Å². The molecule has 0 amide bonds. The molecule has 112 valence electrons. The van der Waals surface area contributed by atoms with Gasteiger partial charge in [0.2, 0.25) is 0 Å². The number of aliphatic hydroxyl groups is 1. The van der Waals surface area contributed by atoms with Crippen molar-refractivity contribution in [3.05, 3.63) is 23.9 Å². The third kappa shape index (κ3) is 3.29. The average molecular weight is 278 g/mol. The third-order valence-corrected chi connectivity index (χ3v) is 3.96. The zero-order chi connectivity index (χ0) is 14.7. The Morgan fingerprint density at radius 2 is 2.30 bits per heavy atom. The first-order valence-corrected chi connectivity index (χ1v) is 7.24. The lowest BCUT2D eigenvalue weighted by Crippen LogP contribution is -2.39. The summed E-state index contributed by atoms with van der Waals surface area (Å²) >= 11 is 0. The molecule has 2 N–H and O–H groups in total. The maximum atomic E-state index is 10.0. The number of nitrogens with one attached hydrogen (secondary N) is 1. The molecule has 5 heteroatoms. The van der Waals surface area contributed by atoms with Crippen LogP contribution in [0.15, 0.2) is 18.3 Å². The minimum Gasteiger partial charge on any atom is -0.391 e. The monoisotopic (exact) mass is 278 g/mol. The minimum atomic E-state index is -0.264. The first kappa shape index (κ1) is 15.2. The van der Waals surface area contributed by atoms with Crippen molar-refractivity contribution in [1.82, 2.24) is 15.2 Å². The Morgan fingerprint density at radius 3 is 2.95 bits per heavy atom. The topological polar surface area (TPSA) is 51.6 Å². The molecule has 1 aromatic rings. The van der Waals surface area contributed by atoms with Gasteiger partial charge in [0.25, 0.3) is 0 Å². The van der Waals surface area contributed by atoms with E-state index in [1.54, 1.807) is 0 Å². The van der Waals surface area contributed by atoms with Crippen molar-refractivity contribution in [2.45, 2.75) is 31.5 Å². The fraction of sp³-hybridized carbons (Fsp3) is 0.667. The normalized spacial score (nSPS) is 24.4. The van der Waals surface area contributed by atoms with Gasteiger partial charge >= 0.3 is 0 Å². The van der Waals surface area contributed by atoms with Gasteiger partial charge in [-0.2, -0.15) is 0 Å². The molecule has 1 saturated heterocycles. The van der Waals surface area contributed by atoms with Crippen LogP contribution in [0, 0.1) is 0 Å². The van der Waals surface area contributed by atoms with Gasteiger partial charge in [0.15, 0.2) is 0 Å². The van der Waals surface area contributed by atoms with Crippen LogP contribution in [0.2, 0.25) is 0 Å². The Labute approximate surface area is 121 Å². The van der Waals surface area contributed by atoms with Crippen LogP contribution in [0.3, 0.4) is 0 Å². The summed E-state index contributed by atoms with van der Waals surface area (Å²) in [6.45, 7) is 3.73. The first-order chi connectivity index (χ1) is 9.52. The lowest BCUT2D eigenvalue weighted by atomic mass is 10.1. The van der Waals surface area contributed by atoms with Gasteiger partial charge in [0.1, 0.15) is 5.82 Å². The largest absolute Gasteiger partial charge is 0.391 e. The van der Waals surface area contributed by atoms with Gasteiger partial charge in [-0.05, 0) is 40.6 Å². The van der Waals surface area contributed by atoms with Gasteiger partial charge in [-0.15, -0.1) is 0 Å². The standard InChI is InChI=1S/C15H26N4O/c1-11(16-2)14-6-5-7-17-15(14)19-10-13(20)8-12(19)9-18(3)4/h5-7,11-13,16,20H,8-10H2,1-4H3. The Balaban J connectivity index is 2.29. The van der Waals surface area contributed by atoms with E-state index < -0.39 is 0 Å². The molecule has 3 unspecified atom stereocenters. The molecule has 1 aliphatic heterocycles. The second-order valence-corrected chi connectivity index (χ2v) is 5.88. The molecule has 1 aromatic heterocycles. The Kier molecular flexibility index (Phi) is 4.96. The van der Waals surface area contributed by atoms with Crippen LogP contribution in [-0.2, 0) is 0 Å². The quantitative estimate of drug-likeness (QED) is 0.837. The smallest absolute Gasteiger partial charge is 0.133 e. The lowest BCUT2D eigenvalue weighted by molar-refractivity contribution is 0.191. The summed E-state index contributed by atoms with van der Waals surface area (Å²) in [6.07, 6.45) is 2.38. The minimum absolute atomic E-state index is 0.247. The zero-order valence-corrected chi connectivity index (χ0v) is 12.9. The molecular formula is C15H26N4O. The molecule has 20 heavy (non-hydrogen) atoms. The van der Waals surface area contributed by atoms with E-state index in [1.165, 1.54) is 5.56 Å². The summed E-state index contributed by atoms with van der Waals surface area (Å²) < 4.78 is 0. The number of nitrogens with zero attached hydrogens (tertiary/aromatic N) is 3. The summed E-state index contributed by atoms with van der Waals surface area (Å²) in [7, 11) is 6.09. The maximum absolute atomic E-state index is 10.0. The highest BCUT2D eigenvalue weighted by molar-refractivity contribution is 5.50. The second kappa shape index (κ2) is 6.52. The van der Waals surface area contributed by atoms with E-state index in [-0.39, 0.29) is 12.1 Å². The number of likely N-dealkylation sites (N-methyl/N-ethyl adjacent to an activating group) is 1. The van der Waals surface area contributed by atoms with Gasteiger partial charge in [-0.25, -0.2) is 4.98 Å². The fourth-order valence-corrected chi connectivity index (χ4v) is 2.89. The van der Waals surface area contributed by atoms with Crippen molar-refractivity contribution in [3.8, 4) is 0 Å². The van der Waals surface area contributed by atoms with Gasteiger partial charge < -0.3 is 20.2 Å². The predicted molar refractivity (Wildman–Crippen MR) is 82.0 cm³/mol. The van der Waals surface area contributed by atoms with E-state index in [9.17, 15) is 5.11 Å². The SMILES string of the molecule is CNC(C)c1cccnc1N1CC(O)CC1CN(C)C. The highest BCUT2D eigenvalue weighted by Crippen LogP contribution is 2.30. The Bertz CT molecular complexity index is 438. The number of rotatable bonds is 5. The van der Waals surface area contributed by atoms with Crippen LogP contribution >= 0.6 is 0 Å². The molecule has 2 rings (SSSR count). The third-order valence-electron chi connectivity index (χ3n) is 3.96. The highest BCUT2D eigenvalue weighted by atomic mass is 16.3. The van der Waals surface area contributed by atoms with Crippen LogP contribution in [0.25, 0.3) is 0 Å². The summed E-state index contributed by atoms with van der Waals surface area (Å²) in [5, 5.41) is 13.3. The Hall–Kier alpha value is -1.17. The van der Waals surface area contributed by atoms with Crippen molar-refractivity contribution in [2.24, 2.45) is 0 Å². The molecule has 0 saturated carbocycles. The number of anilines is 1. The van der Waals surface area contributed by atoms with E-state index >= 15 is 0 Å². The summed E-state index contributed by atoms with van der Waals surface area (Å²) in [6, 6.07) is 4.65. The second-order valence-electron chi connectivity index (χ2n) is 5.88. The number of β-amino-alcohol motifs (C(OH)–C–C–N with tert-alkyl or cyclic N) is 1. The number of pyridine rings is 1. The van der Waals surface area contributed by atoms with Crippen LogP contribution in [-0.4, -0.2) is 61.4 Å². The van der Waals surface area contributed by atoms with Gasteiger partial charge in [-0.1, -0.05) is 6.07 Å². The van der Waals surface area contributed by atoms with Crippen molar-refractivity contribution in [3.63, 3.8) is 0 Å². The van der Waals surface area contributed by atoms with E-state index in [4.69, 9.17) is 0 Å². The van der Waals surface area contributed by atoms with Crippen LogP contribution in [0.1, 0.15) is 24.9 Å². The van der Waals surface area contributed by atoms with Crippen LogP contribution in [0.4, 0.5) is 5.82 Å². The van der Waals surface area contributed by atoms with Crippen molar-refractivity contribution in [2.75, 3.05) is 39.1 Å². The molecule has 5 nitrogen and oxygen atoms in total. The maximum Gasteiger partial charge on any atom is 0.133 e. The molecule has 0 aliphatic carbocycles. The molecule has 1 aliphatic rings. The predicted octanol–water partition coefficient (Wildman–Crippen LogP) is 0.863. The number of aromatic nitrogens is 1. The van der Waals surface area contributed by atoms with Crippen molar-refractivity contribution < 1.29 is 5.11 Å². The van der Waals surface area contributed by atoms with Gasteiger partial charge in [-0.3, -0.25) is 0 Å². The molecule has 0 spiro atoms. The zero-order valence-electron chi connectivity index (χ0n) is 12.9. The van der Waals surface area contributed by atoms with Gasteiger partial charge in [0, 0.05) is 36.9 Å². The van der Waals surface area contributed by atoms with E-state index in [0.29, 0.717) is 12.6 Å². The number of aliphatic hydroxyl groups excluding tert-OH is 1. The average Bonchev–Trinajstić information content (AvgIpc) is 2.77. The summed E-state index contributed by atoms with van der Waals surface area (Å²) in [4.78, 5) is 9.00. The van der Waals surface area contributed by atoms with Gasteiger partial charge in [0.05, 0.1) is 6.10 Å². The fourth-order valence-electron chi connectivity index (χ4n) is 2.89. The summed E-state index contributed by atoms with van der Waals surface area (Å²) in [5.41, 5.74) is 1.19. The molecule has 0 aromatic carbocycles. The molecule has 1 fully saturated rings. The van der Waals surface area contributed by atoms with E-state index in [0.717, 1.165) is 18.8 Å². The molecule has 3 atom stereocenters.